The van der Waals surface area contributed by atoms with Gasteiger partial charge >= 0.3 is 17.9 Å². The smallest absolute Gasteiger partial charge is 0.336 e. The summed E-state index contributed by atoms with van der Waals surface area (Å²) in [5.74, 6) is -4.16. The Morgan fingerprint density at radius 3 is 2.42 bits per heavy atom. The van der Waals surface area contributed by atoms with Gasteiger partial charge in [-0.3, -0.25) is 19.6 Å². The number of fused-ring (bicyclic) bond motifs is 1. The number of ether oxygens (including phenoxy) is 1. The molecule has 38 heavy (non-hydrogen) atoms. The van der Waals surface area contributed by atoms with E-state index in [2.05, 4.69) is 57.1 Å². The molecule has 1 aliphatic heterocycles. The molecule has 0 saturated carbocycles. The molecule has 3 heterocycles. The summed E-state index contributed by atoms with van der Waals surface area (Å²) in [5.41, 5.74) is 2.10. The van der Waals surface area contributed by atoms with E-state index in [9.17, 15) is 14.4 Å². The lowest BCUT2D eigenvalue weighted by molar-refractivity contribution is -0.170. The predicted octanol–water partition coefficient (Wildman–Crippen LogP) is 2.61. The van der Waals surface area contributed by atoms with Crippen LogP contribution in [0.25, 0.3) is 11.3 Å². The molecule has 0 aliphatic carbocycles. The normalized spacial score (nSPS) is 15.2. The summed E-state index contributed by atoms with van der Waals surface area (Å²) < 4.78 is 7.74. The third-order valence-corrected chi connectivity index (χ3v) is 6.40. The molecular formula is C26H32N4O8. The Labute approximate surface area is 219 Å². The second kappa shape index (κ2) is 12.4. The Morgan fingerprint density at radius 2 is 1.82 bits per heavy atom. The van der Waals surface area contributed by atoms with E-state index in [1.165, 1.54) is 11.3 Å². The van der Waals surface area contributed by atoms with Gasteiger partial charge in [-0.2, -0.15) is 5.10 Å². The second-order valence-electron chi connectivity index (χ2n) is 9.00. The minimum atomic E-state index is -2.74. The largest absolute Gasteiger partial charge is 0.497 e. The van der Waals surface area contributed by atoms with Crippen molar-refractivity contribution < 1.29 is 39.5 Å². The van der Waals surface area contributed by atoms with E-state index < -0.39 is 36.4 Å². The van der Waals surface area contributed by atoms with E-state index in [-0.39, 0.29) is 0 Å². The molecule has 3 aromatic rings. The average molecular weight is 529 g/mol. The molecule has 2 aromatic heterocycles. The van der Waals surface area contributed by atoms with E-state index in [4.69, 9.17) is 25.2 Å². The van der Waals surface area contributed by atoms with Gasteiger partial charge in [-0.25, -0.2) is 4.79 Å². The average Bonchev–Trinajstić information content (AvgIpc) is 3.53. The molecule has 0 radical (unpaired) electrons. The highest BCUT2D eigenvalue weighted by Gasteiger charge is 2.40. The summed E-state index contributed by atoms with van der Waals surface area (Å²) in [6, 6.07) is 13.0. The van der Waals surface area contributed by atoms with E-state index in [1.54, 1.807) is 7.11 Å². The zero-order valence-electron chi connectivity index (χ0n) is 21.2. The number of aromatic amines is 1. The van der Waals surface area contributed by atoms with Crippen molar-refractivity contribution in [2.75, 3.05) is 13.7 Å². The number of carboxylic acids is 3. The van der Waals surface area contributed by atoms with Crippen molar-refractivity contribution in [3.05, 3.63) is 60.0 Å². The number of nitrogens with zero attached hydrogens (tertiary/aromatic N) is 3. The number of aromatic nitrogens is 3. The molecule has 1 aromatic carbocycles. The van der Waals surface area contributed by atoms with Gasteiger partial charge in [-0.1, -0.05) is 19.1 Å². The van der Waals surface area contributed by atoms with Crippen LogP contribution in [0, 0.1) is 0 Å². The maximum absolute atomic E-state index is 10.3. The SMILES string of the molecule is CCC1c2cccn2CCN1Cc1cn[nH]c1-c1cccc(OC)c1.O=C(O)CC(O)(CC(=O)O)C(=O)O. The highest BCUT2D eigenvalue weighted by atomic mass is 16.5. The lowest BCUT2D eigenvalue weighted by atomic mass is 9.96. The minimum absolute atomic E-state index is 0.455. The number of rotatable bonds is 10. The number of carboxylic acid groups (broad SMARTS) is 3. The molecule has 0 fully saturated rings. The third kappa shape index (κ3) is 6.78. The number of benzene rings is 1. The van der Waals surface area contributed by atoms with Gasteiger partial charge in [0.25, 0.3) is 0 Å². The van der Waals surface area contributed by atoms with Gasteiger partial charge in [-0.15, -0.1) is 0 Å². The van der Waals surface area contributed by atoms with Crippen molar-refractivity contribution in [1.29, 1.82) is 0 Å². The highest BCUT2D eigenvalue weighted by Crippen LogP contribution is 2.32. The monoisotopic (exact) mass is 528 g/mol. The van der Waals surface area contributed by atoms with Crippen LogP contribution < -0.4 is 4.74 Å². The van der Waals surface area contributed by atoms with E-state index in [1.807, 2.05) is 18.3 Å². The van der Waals surface area contributed by atoms with Crippen LogP contribution >= 0.6 is 0 Å². The van der Waals surface area contributed by atoms with Crippen LogP contribution in [0.15, 0.2) is 48.8 Å². The van der Waals surface area contributed by atoms with Gasteiger partial charge in [0.05, 0.1) is 37.9 Å². The maximum Gasteiger partial charge on any atom is 0.336 e. The molecular weight excluding hydrogens is 496 g/mol. The summed E-state index contributed by atoms with van der Waals surface area (Å²) in [5, 5.41) is 41.3. The zero-order valence-corrected chi connectivity index (χ0v) is 21.2. The zero-order chi connectivity index (χ0) is 27.9. The topological polar surface area (TPSA) is 178 Å². The number of carbonyl (C=O) groups is 3. The van der Waals surface area contributed by atoms with Crippen molar-refractivity contribution in [1.82, 2.24) is 19.7 Å². The summed E-state index contributed by atoms with van der Waals surface area (Å²) in [7, 11) is 1.70. The second-order valence-corrected chi connectivity index (χ2v) is 9.00. The van der Waals surface area contributed by atoms with Gasteiger partial charge in [0, 0.05) is 42.7 Å². The van der Waals surface area contributed by atoms with Crippen molar-refractivity contribution in [2.24, 2.45) is 0 Å². The van der Waals surface area contributed by atoms with Crippen LogP contribution in [-0.2, 0) is 27.5 Å². The number of aliphatic hydroxyl groups is 1. The Hall–Kier alpha value is -4.16. The van der Waals surface area contributed by atoms with Crippen LogP contribution in [0.4, 0.5) is 0 Å². The van der Waals surface area contributed by atoms with Crippen LogP contribution in [0.2, 0.25) is 0 Å². The first-order valence-electron chi connectivity index (χ1n) is 12.0. The van der Waals surface area contributed by atoms with Crippen molar-refractivity contribution in [3.63, 3.8) is 0 Å². The minimum Gasteiger partial charge on any atom is -0.497 e. The Kier molecular flexibility index (Phi) is 9.26. The number of H-pyrrole nitrogens is 1. The first-order chi connectivity index (χ1) is 18.1. The fourth-order valence-corrected chi connectivity index (χ4v) is 4.56. The van der Waals surface area contributed by atoms with Gasteiger partial charge in [0.15, 0.2) is 5.60 Å². The third-order valence-electron chi connectivity index (χ3n) is 6.40. The molecule has 12 heteroatoms. The van der Waals surface area contributed by atoms with E-state index in [0.29, 0.717) is 6.04 Å². The fraction of sp³-hybridized carbons (Fsp3) is 0.385. The van der Waals surface area contributed by atoms with Crippen LogP contribution in [0.3, 0.4) is 0 Å². The highest BCUT2D eigenvalue weighted by molar-refractivity contribution is 5.88. The van der Waals surface area contributed by atoms with Crippen molar-refractivity contribution >= 4 is 17.9 Å². The summed E-state index contributed by atoms with van der Waals surface area (Å²) >= 11 is 0. The molecule has 1 atom stereocenters. The predicted molar refractivity (Wildman–Crippen MR) is 136 cm³/mol. The lowest BCUT2D eigenvalue weighted by Crippen LogP contribution is -2.42. The number of nitrogens with one attached hydrogen (secondary N) is 1. The summed E-state index contributed by atoms with van der Waals surface area (Å²) in [6.45, 7) is 5.26. The van der Waals surface area contributed by atoms with E-state index >= 15 is 0 Å². The molecule has 0 spiro atoms. The number of hydrogen-bond donors (Lipinski definition) is 5. The molecule has 4 rings (SSSR count). The Morgan fingerprint density at radius 1 is 1.11 bits per heavy atom. The van der Waals surface area contributed by atoms with Crippen LogP contribution in [0.5, 0.6) is 5.75 Å². The van der Waals surface area contributed by atoms with Crippen LogP contribution in [0.1, 0.15) is 43.5 Å². The first kappa shape index (κ1) is 28.4. The molecule has 1 aliphatic rings. The van der Waals surface area contributed by atoms with Gasteiger partial charge in [-0.05, 0) is 30.7 Å². The fourth-order valence-electron chi connectivity index (χ4n) is 4.56. The van der Waals surface area contributed by atoms with Gasteiger partial charge in [0.1, 0.15) is 5.75 Å². The molecule has 1 unspecified atom stereocenters. The molecule has 0 saturated heterocycles. The van der Waals surface area contributed by atoms with Gasteiger partial charge in [0.2, 0.25) is 0 Å². The maximum atomic E-state index is 10.3. The molecule has 12 nitrogen and oxygen atoms in total. The quantitative estimate of drug-likeness (QED) is 0.263. The van der Waals surface area contributed by atoms with Crippen molar-refractivity contribution in [2.45, 2.75) is 50.9 Å². The lowest BCUT2D eigenvalue weighted by Gasteiger charge is -2.36. The molecule has 5 N–H and O–H groups in total. The molecule has 0 bridgehead atoms. The Balaban J connectivity index is 0.000000263. The molecule has 0 amide bonds. The standard InChI is InChI=1S/C20H24N4O.C6H8O7/c1-3-18-19-8-5-9-23(19)10-11-24(18)14-16-13-21-22-20(16)15-6-4-7-17(12-15)25-2;7-3(8)1-6(13,5(11)12)2-4(9)10/h4-9,12-13,18H,3,10-11,14H2,1-2H3,(H,21,22);13H,1-2H2,(H,7,8)(H,9,10)(H,11,12). The summed E-state index contributed by atoms with van der Waals surface area (Å²) in [4.78, 5) is 33.0. The Bertz CT molecular complexity index is 1250. The number of methoxy groups -OCH3 is 1. The van der Waals surface area contributed by atoms with Gasteiger partial charge < -0.3 is 29.7 Å². The summed E-state index contributed by atoms with van der Waals surface area (Å²) in [6.07, 6.45) is 2.96. The van der Waals surface area contributed by atoms with Crippen molar-refractivity contribution in [3.8, 4) is 17.0 Å². The van der Waals surface area contributed by atoms with Crippen LogP contribution in [-0.4, -0.2) is 77.3 Å². The number of hydrogen-bond acceptors (Lipinski definition) is 7. The first-order valence-corrected chi connectivity index (χ1v) is 12.0. The molecule has 204 valence electrons. The van der Waals surface area contributed by atoms with E-state index in [0.717, 1.165) is 43.1 Å². The number of aliphatic carboxylic acids is 3.